The second-order valence-electron chi connectivity index (χ2n) is 4.92. The zero-order valence-electron chi connectivity index (χ0n) is 12.2. The summed E-state index contributed by atoms with van der Waals surface area (Å²) < 4.78 is 30.3. The number of benzene rings is 1. The molecule has 0 aliphatic heterocycles. The maximum atomic E-state index is 11.9. The summed E-state index contributed by atoms with van der Waals surface area (Å²) in [4.78, 5) is 0. The molecule has 0 saturated heterocycles. The van der Waals surface area contributed by atoms with Gasteiger partial charge < -0.3 is 9.73 Å². The topological polar surface area (TPSA) is 62.6 Å². The summed E-state index contributed by atoms with van der Waals surface area (Å²) in [5.74, 6) is 0.614. The van der Waals surface area contributed by atoms with Crippen molar-refractivity contribution < 1.29 is 12.8 Å². The van der Waals surface area contributed by atoms with Crippen molar-refractivity contribution in [1.82, 2.24) is 9.62 Å². The summed E-state index contributed by atoms with van der Waals surface area (Å²) in [5.41, 5.74) is 1.26. The summed E-state index contributed by atoms with van der Waals surface area (Å²) in [5, 5.41) is 3.22. The van der Waals surface area contributed by atoms with E-state index in [2.05, 4.69) is 17.4 Å². The second kappa shape index (κ2) is 6.89. The lowest BCUT2D eigenvalue weighted by molar-refractivity contribution is 0.389. The molecule has 2 rings (SSSR count). The normalized spacial score (nSPS) is 12.0. The quantitative estimate of drug-likeness (QED) is 0.793. The third kappa shape index (κ3) is 4.17. The van der Waals surface area contributed by atoms with E-state index >= 15 is 0 Å². The van der Waals surface area contributed by atoms with Gasteiger partial charge in [-0.2, -0.15) is 0 Å². The van der Waals surface area contributed by atoms with Gasteiger partial charge in [-0.1, -0.05) is 30.3 Å². The van der Waals surface area contributed by atoms with Gasteiger partial charge in [0.15, 0.2) is 0 Å². The van der Waals surface area contributed by atoms with Gasteiger partial charge in [0.05, 0.1) is 6.54 Å². The Balaban J connectivity index is 1.84. The highest BCUT2D eigenvalue weighted by molar-refractivity contribution is 7.88. The molecule has 1 heterocycles. The molecule has 1 aromatic carbocycles. The van der Waals surface area contributed by atoms with E-state index in [-0.39, 0.29) is 5.09 Å². The first-order valence-electron chi connectivity index (χ1n) is 6.76. The molecule has 0 fully saturated rings. The van der Waals surface area contributed by atoms with Gasteiger partial charge in [-0.25, -0.2) is 12.7 Å². The minimum Gasteiger partial charge on any atom is -0.447 e. The van der Waals surface area contributed by atoms with Gasteiger partial charge in [-0.05, 0) is 30.7 Å². The van der Waals surface area contributed by atoms with E-state index in [1.807, 2.05) is 18.2 Å². The molecular weight excluding hydrogens is 288 g/mol. The molecule has 0 atom stereocenters. The molecule has 5 nitrogen and oxygen atoms in total. The van der Waals surface area contributed by atoms with Crippen LogP contribution in [0.1, 0.15) is 11.3 Å². The summed E-state index contributed by atoms with van der Waals surface area (Å²) in [6.45, 7) is 1.32. The first-order valence-corrected chi connectivity index (χ1v) is 8.20. The molecule has 0 unspecified atom stereocenters. The molecule has 0 spiro atoms. The number of nitrogens with zero attached hydrogens (tertiary/aromatic N) is 1. The predicted octanol–water partition coefficient (Wildman–Crippen LogP) is 1.86. The monoisotopic (exact) mass is 308 g/mol. The Kier molecular flexibility index (Phi) is 5.17. The fraction of sp³-hybridized carbons (Fsp3) is 0.333. The highest BCUT2D eigenvalue weighted by Gasteiger charge is 2.21. The maximum Gasteiger partial charge on any atom is 0.275 e. The molecule has 0 amide bonds. The molecule has 21 heavy (non-hydrogen) atoms. The Hall–Kier alpha value is -1.63. The van der Waals surface area contributed by atoms with Crippen molar-refractivity contribution in [2.45, 2.75) is 18.1 Å². The Morgan fingerprint density at radius 3 is 2.48 bits per heavy atom. The van der Waals surface area contributed by atoms with Gasteiger partial charge in [-0.15, -0.1) is 0 Å². The van der Waals surface area contributed by atoms with Crippen LogP contribution < -0.4 is 5.32 Å². The van der Waals surface area contributed by atoms with Crippen LogP contribution >= 0.6 is 0 Å². The highest BCUT2D eigenvalue weighted by Crippen LogP contribution is 2.16. The van der Waals surface area contributed by atoms with E-state index < -0.39 is 10.0 Å². The Labute approximate surface area is 125 Å². The van der Waals surface area contributed by atoms with Crippen molar-refractivity contribution in [3.8, 4) is 0 Å². The van der Waals surface area contributed by atoms with Crippen molar-refractivity contribution >= 4 is 10.0 Å². The number of nitrogens with one attached hydrogen (secondary N) is 1. The van der Waals surface area contributed by atoms with Gasteiger partial charge >= 0.3 is 0 Å². The lowest BCUT2D eigenvalue weighted by Crippen LogP contribution is -2.21. The Morgan fingerprint density at radius 1 is 1.10 bits per heavy atom. The minimum atomic E-state index is -3.49. The zero-order valence-corrected chi connectivity index (χ0v) is 13.1. The molecule has 0 bridgehead atoms. The molecule has 1 N–H and O–H groups in total. The molecule has 1 aromatic heterocycles. The third-order valence-electron chi connectivity index (χ3n) is 3.10. The van der Waals surface area contributed by atoms with Crippen molar-refractivity contribution in [1.29, 1.82) is 0 Å². The highest BCUT2D eigenvalue weighted by atomic mass is 32.2. The Morgan fingerprint density at radius 2 is 1.81 bits per heavy atom. The predicted molar refractivity (Wildman–Crippen MR) is 81.4 cm³/mol. The zero-order chi connectivity index (χ0) is 15.3. The number of sulfonamides is 1. The van der Waals surface area contributed by atoms with Crippen LogP contribution in [0.2, 0.25) is 0 Å². The fourth-order valence-corrected chi connectivity index (χ4v) is 2.67. The van der Waals surface area contributed by atoms with Gasteiger partial charge in [-0.3, -0.25) is 0 Å². The van der Waals surface area contributed by atoms with E-state index in [9.17, 15) is 8.42 Å². The van der Waals surface area contributed by atoms with Crippen molar-refractivity contribution in [3.63, 3.8) is 0 Å². The van der Waals surface area contributed by atoms with Gasteiger partial charge in [0.2, 0.25) is 5.09 Å². The van der Waals surface area contributed by atoms with Crippen LogP contribution in [0.5, 0.6) is 0 Å². The van der Waals surface area contributed by atoms with Crippen LogP contribution in [0, 0.1) is 0 Å². The van der Waals surface area contributed by atoms with Crippen molar-refractivity contribution in [2.75, 3.05) is 20.6 Å². The van der Waals surface area contributed by atoms with Crippen LogP contribution in [0.4, 0.5) is 0 Å². The number of rotatable bonds is 7. The molecule has 6 heteroatoms. The summed E-state index contributed by atoms with van der Waals surface area (Å²) >= 11 is 0. The molecule has 0 saturated carbocycles. The fourth-order valence-electron chi connectivity index (χ4n) is 1.86. The molecule has 0 aliphatic carbocycles. The molecule has 2 aromatic rings. The largest absolute Gasteiger partial charge is 0.447 e. The van der Waals surface area contributed by atoms with Crippen molar-refractivity contribution in [2.24, 2.45) is 0 Å². The van der Waals surface area contributed by atoms with Crippen LogP contribution in [-0.4, -0.2) is 33.4 Å². The standard InChI is InChI=1S/C15H20N2O3S/c1-17(2)21(18,19)15-9-8-14(20-15)12-16-11-10-13-6-4-3-5-7-13/h3-9,16H,10-12H2,1-2H3. The van der Waals surface area contributed by atoms with Gasteiger partial charge in [0.1, 0.15) is 5.76 Å². The first-order chi connectivity index (χ1) is 10.00. The SMILES string of the molecule is CN(C)S(=O)(=O)c1ccc(CNCCc2ccccc2)o1. The average Bonchev–Trinajstić information content (AvgIpc) is 2.94. The lowest BCUT2D eigenvalue weighted by atomic mass is 10.1. The maximum absolute atomic E-state index is 11.9. The van der Waals surface area contributed by atoms with E-state index in [1.165, 1.54) is 25.7 Å². The number of hydrogen-bond acceptors (Lipinski definition) is 4. The van der Waals surface area contributed by atoms with Crippen LogP contribution in [0.3, 0.4) is 0 Å². The van der Waals surface area contributed by atoms with E-state index in [0.29, 0.717) is 12.3 Å². The average molecular weight is 308 g/mol. The van der Waals surface area contributed by atoms with Gasteiger partial charge in [0.25, 0.3) is 10.0 Å². The van der Waals surface area contributed by atoms with Crippen LogP contribution in [-0.2, 0) is 23.0 Å². The van der Waals surface area contributed by atoms with E-state index in [0.717, 1.165) is 17.3 Å². The van der Waals surface area contributed by atoms with Crippen molar-refractivity contribution in [3.05, 3.63) is 53.8 Å². The lowest BCUT2D eigenvalue weighted by Gasteiger charge is -2.08. The number of furan rings is 1. The molecule has 0 aliphatic rings. The van der Waals surface area contributed by atoms with E-state index in [1.54, 1.807) is 6.07 Å². The second-order valence-corrected chi connectivity index (χ2v) is 7.00. The summed E-state index contributed by atoms with van der Waals surface area (Å²) in [7, 11) is -0.527. The van der Waals surface area contributed by atoms with Crippen LogP contribution in [0.15, 0.2) is 52.0 Å². The Bertz CT molecular complexity index is 663. The third-order valence-corrected chi connectivity index (χ3v) is 4.79. The van der Waals surface area contributed by atoms with Crippen LogP contribution in [0.25, 0.3) is 0 Å². The number of hydrogen-bond donors (Lipinski definition) is 1. The molecular formula is C15H20N2O3S. The molecule has 0 radical (unpaired) electrons. The summed E-state index contributed by atoms with van der Waals surface area (Å²) in [6.07, 6.45) is 0.921. The van der Waals surface area contributed by atoms with Gasteiger partial charge in [0, 0.05) is 14.1 Å². The first kappa shape index (κ1) is 15.8. The van der Waals surface area contributed by atoms with E-state index in [4.69, 9.17) is 4.42 Å². The minimum absolute atomic E-state index is 0.0210. The smallest absolute Gasteiger partial charge is 0.275 e. The molecule has 114 valence electrons. The summed E-state index contributed by atoms with van der Waals surface area (Å²) in [6, 6.07) is 13.4.